The fourth-order valence-corrected chi connectivity index (χ4v) is 2.44. The Hall–Kier alpha value is -2.55. The quantitative estimate of drug-likeness (QED) is 0.682. The van der Waals surface area contributed by atoms with Gasteiger partial charge in [0.1, 0.15) is 0 Å². The monoisotopic (exact) mass is 263 g/mol. The zero-order valence-corrected chi connectivity index (χ0v) is 11.6. The summed E-state index contributed by atoms with van der Waals surface area (Å²) in [6.07, 6.45) is 1.84. The van der Waals surface area contributed by atoms with Crippen molar-refractivity contribution in [3.63, 3.8) is 0 Å². The van der Waals surface area contributed by atoms with Crippen molar-refractivity contribution in [3.05, 3.63) is 59.8 Å². The predicted octanol–water partition coefficient (Wildman–Crippen LogP) is 4.18. The van der Waals surface area contributed by atoms with Gasteiger partial charge in [-0.05, 0) is 55.8 Å². The Labute approximate surface area is 118 Å². The van der Waals surface area contributed by atoms with Crippen LogP contribution in [-0.2, 0) is 0 Å². The lowest BCUT2D eigenvalue weighted by Crippen LogP contribution is -1.95. The van der Waals surface area contributed by atoms with Gasteiger partial charge in [-0.2, -0.15) is 0 Å². The summed E-state index contributed by atoms with van der Waals surface area (Å²) in [5.41, 5.74) is 12.0. The molecule has 0 aliphatic rings. The predicted molar refractivity (Wildman–Crippen MR) is 85.4 cm³/mol. The van der Waals surface area contributed by atoms with Crippen molar-refractivity contribution in [2.45, 2.75) is 13.8 Å². The van der Waals surface area contributed by atoms with Crippen molar-refractivity contribution < 1.29 is 0 Å². The van der Waals surface area contributed by atoms with Crippen LogP contribution in [0.25, 0.3) is 10.9 Å². The summed E-state index contributed by atoms with van der Waals surface area (Å²) >= 11 is 0. The smallest absolute Gasteiger partial charge is 0.0752 e. The molecule has 0 aliphatic heterocycles. The van der Waals surface area contributed by atoms with Gasteiger partial charge in [-0.1, -0.05) is 11.6 Å². The standard InChI is InChI=1S/C17H17N3/c1-11-9-12(2)17-15(10-11)16(7-8-19-17)20-14-5-3-13(18)4-6-14/h3-10H,18H2,1-2H3,(H,19,20). The van der Waals surface area contributed by atoms with E-state index in [9.17, 15) is 0 Å². The van der Waals surface area contributed by atoms with Crippen LogP contribution in [-0.4, -0.2) is 4.98 Å². The second kappa shape index (κ2) is 4.85. The van der Waals surface area contributed by atoms with Gasteiger partial charge in [0.25, 0.3) is 0 Å². The van der Waals surface area contributed by atoms with E-state index in [0.29, 0.717) is 0 Å². The Morgan fingerprint density at radius 1 is 1.00 bits per heavy atom. The first-order valence-corrected chi connectivity index (χ1v) is 6.62. The molecule has 0 atom stereocenters. The summed E-state index contributed by atoms with van der Waals surface area (Å²) < 4.78 is 0. The average molecular weight is 263 g/mol. The molecular formula is C17H17N3. The number of rotatable bonds is 2. The molecule has 0 saturated heterocycles. The Bertz CT molecular complexity index is 761. The molecule has 100 valence electrons. The number of nitrogens with zero attached hydrogens (tertiary/aromatic N) is 1. The van der Waals surface area contributed by atoms with Crippen LogP contribution in [0.1, 0.15) is 11.1 Å². The largest absolute Gasteiger partial charge is 0.399 e. The van der Waals surface area contributed by atoms with E-state index in [-0.39, 0.29) is 0 Å². The van der Waals surface area contributed by atoms with Gasteiger partial charge in [-0.3, -0.25) is 4.98 Å². The normalized spacial score (nSPS) is 10.7. The fraction of sp³-hybridized carbons (Fsp3) is 0.118. The third-order valence-corrected chi connectivity index (χ3v) is 3.37. The highest BCUT2D eigenvalue weighted by molar-refractivity contribution is 5.95. The Morgan fingerprint density at radius 3 is 2.50 bits per heavy atom. The highest BCUT2D eigenvalue weighted by Gasteiger charge is 2.05. The Balaban J connectivity index is 2.09. The van der Waals surface area contributed by atoms with E-state index in [1.54, 1.807) is 0 Å². The molecule has 1 heterocycles. The molecule has 0 unspecified atom stereocenters. The zero-order chi connectivity index (χ0) is 14.1. The molecule has 0 aliphatic carbocycles. The van der Waals surface area contributed by atoms with E-state index in [1.807, 2.05) is 36.5 Å². The molecule has 20 heavy (non-hydrogen) atoms. The van der Waals surface area contributed by atoms with Crippen molar-refractivity contribution in [1.82, 2.24) is 4.98 Å². The van der Waals surface area contributed by atoms with E-state index < -0.39 is 0 Å². The molecule has 3 nitrogen and oxygen atoms in total. The lowest BCUT2D eigenvalue weighted by molar-refractivity contribution is 1.34. The summed E-state index contributed by atoms with van der Waals surface area (Å²) in [5, 5.41) is 4.57. The molecule has 0 amide bonds. The van der Waals surface area contributed by atoms with Crippen LogP contribution in [0.3, 0.4) is 0 Å². The number of nitrogens with one attached hydrogen (secondary N) is 1. The number of pyridine rings is 1. The Morgan fingerprint density at radius 2 is 1.75 bits per heavy atom. The van der Waals surface area contributed by atoms with Crippen molar-refractivity contribution in [2.75, 3.05) is 11.1 Å². The lowest BCUT2D eigenvalue weighted by atomic mass is 10.1. The first-order chi connectivity index (χ1) is 9.63. The number of hydrogen-bond acceptors (Lipinski definition) is 3. The highest BCUT2D eigenvalue weighted by atomic mass is 14.9. The maximum Gasteiger partial charge on any atom is 0.0752 e. The Kier molecular flexibility index (Phi) is 3.03. The summed E-state index contributed by atoms with van der Waals surface area (Å²) in [6.45, 7) is 4.20. The molecule has 2 aromatic carbocycles. The highest BCUT2D eigenvalue weighted by Crippen LogP contribution is 2.28. The van der Waals surface area contributed by atoms with Gasteiger partial charge >= 0.3 is 0 Å². The zero-order valence-electron chi connectivity index (χ0n) is 11.6. The molecule has 0 bridgehead atoms. The minimum Gasteiger partial charge on any atom is -0.399 e. The molecule has 1 aromatic heterocycles. The number of fused-ring (bicyclic) bond motifs is 1. The molecule has 3 rings (SSSR count). The molecule has 0 fully saturated rings. The van der Waals surface area contributed by atoms with Crippen molar-refractivity contribution >= 4 is 28.0 Å². The van der Waals surface area contributed by atoms with Crippen molar-refractivity contribution in [2.24, 2.45) is 0 Å². The van der Waals surface area contributed by atoms with Gasteiger partial charge in [-0.15, -0.1) is 0 Å². The summed E-state index contributed by atoms with van der Waals surface area (Å²) in [4.78, 5) is 4.48. The van der Waals surface area contributed by atoms with E-state index in [1.165, 1.54) is 11.1 Å². The van der Waals surface area contributed by atoms with E-state index >= 15 is 0 Å². The number of benzene rings is 2. The molecular weight excluding hydrogens is 246 g/mol. The number of aryl methyl sites for hydroxylation is 2. The summed E-state index contributed by atoms with van der Waals surface area (Å²) in [6, 6.07) is 14.0. The summed E-state index contributed by atoms with van der Waals surface area (Å²) in [7, 11) is 0. The van der Waals surface area contributed by atoms with Gasteiger partial charge in [0, 0.05) is 28.6 Å². The lowest BCUT2D eigenvalue weighted by Gasteiger charge is -2.11. The third kappa shape index (κ3) is 2.30. The number of nitrogen functional groups attached to an aromatic ring is 1. The van der Waals surface area contributed by atoms with Crippen LogP contribution < -0.4 is 11.1 Å². The maximum absolute atomic E-state index is 5.71. The second-order valence-corrected chi connectivity index (χ2v) is 5.08. The maximum atomic E-state index is 5.71. The molecule has 3 aromatic rings. The molecule has 0 radical (unpaired) electrons. The van der Waals surface area contributed by atoms with Gasteiger partial charge < -0.3 is 11.1 Å². The molecule has 3 N–H and O–H groups in total. The van der Waals surface area contributed by atoms with Gasteiger partial charge in [0.15, 0.2) is 0 Å². The fourth-order valence-electron chi connectivity index (χ4n) is 2.44. The molecule has 3 heteroatoms. The third-order valence-electron chi connectivity index (χ3n) is 3.37. The topological polar surface area (TPSA) is 50.9 Å². The van der Waals surface area contributed by atoms with Crippen molar-refractivity contribution in [1.29, 1.82) is 0 Å². The van der Waals surface area contributed by atoms with Gasteiger partial charge in [0.05, 0.1) is 5.52 Å². The van der Waals surface area contributed by atoms with Crippen LogP contribution in [0.5, 0.6) is 0 Å². The van der Waals surface area contributed by atoms with Gasteiger partial charge in [-0.25, -0.2) is 0 Å². The number of aromatic nitrogens is 1. The van der Waals surface area contributed by atoms with Crippen LogP contribution in [0.2, 0.25) is 0 Å². The van der Waals surface area contributed by atoms with E-state index in [4.69, 9.17) is 5.73 Å². The van der Waals surface area contributed by atoms with Crippen LogP contribution in [0, 0.1) is 13.8 Å². The van der Waals surface area contributed by atoms with E-state index in [0.717, 1.165) is 28.0 Å². The minimum atomic E-state index is 0.766. The van der Waals surface area contributed by atoms with Crippen LogP contribution in [0.4, 0.5) is 17.1 Å². The van der Waals surface area contributed by atoms with Crippen molar-refractivity contribution in [3.8, 4) is 0 Å². The first-order valence-electron chi connectivity index (χ1n) is 6.62. The minimum absolute atomic E-state index is 0.766. The molecule has 0 spiro atoms. The average Bonchev–Trinajstić information content (AvgIpc) is 2.42. The van der Waals surface area contributed by atoms with Crippen LogP contribution >= 0.6 is 0 Å². The number of hydrogen-bond donors (Lipinski definition) is 2. The second-order valence-electron chi connectivity index (χ2n) is 5.08. The number of anilines is 3. The summed E-state index contributed by atoms with van der Waals surface area (Å²) in [5.74, 6) is 0. The first kappa shape index (κ1) is 12.5. The molecule has 0 saturated carbocycles. The number of nitrogens with two attached hydrogens (primary N) is 1. The van der Waals surface area contributed by atoms with Crippen LogP contribution in [0.15, 0.2) is 48.7 Å². The SMILES string of the molecule is Cc1cc(C)c2nccc(Nc3ccc(N)cc3)c2c1. The van der Waals surface area contributed by atoms with Gasteiger partial charge in [0.2, 0.25) is 0 Å². The van der Waals surface area contributed by atoms with E-state index in [2.05, 4.69) is 36.3 Å².